The molecule has 1 N–H and O–H groups in total. The van der Waals surface area contributed by atoms with Crippen LogP contribution in [0, 0.1) is 23.2 Å². The molecule has 2 nitrogen and oxygen atoms in total. The summed E-state index contributed by atoms with van der Waals surface area (Å²) in [5.41, 5.74) is 0.845. The molecule has 1 aromatic rings. The van der Waals surface area contributed by atoms with E-state index in [4.69, 9.17) is 0 Å². The molecule has 5 rings (SSSR count). The number of halogens is 1. The first kappa shape index (κ1) is 12.9. The van der Waals surface area contributed by atoms with Gasteiger partial charge >= 0.3 is 0 Å². The van der Waals surface area contributed by atoms with Crippen LogP contribution in [0.25, 0.3) is 0 Å². The summed E-state index contributed by atoms with van der Waals surface area (Å²) in [4.78, 5) is 12.9. The summed E-state index contributed by atoms with van der Waals surface area (Å²) in [7, 11) is 0. The van der Waals surface area contributed by atoms with Crippen molar-refractivity contribution in [2.24, 2.45) is 23.2 Å². The predicted octanol–water partition coefficient (Wildman–Crippen LogP) is 4.60. The van der Waals surface area contributed by atoms with Gasteiger partial charge in [-0.05, 0) is 84.3 Å². The van der Waals surface area contributed by atoms with Crippen LogP contribution in [0.1, 0.15) is 38.5 Å². The van der Waals surface area contributed by atoms with Crippen LogP contribution in [-0.2, 0) is 4.79 Å². The molecule has 106 valence electrons. The monoisotopic (exact) mass is 333 g/mol. The van der Waals surface area contributed by atoms with Crippen LogP contribution in [-0.4, -0.2) is 5.91 Å². The average Bonchev–Trinajstić information content (AvgIpc) is 2.40. The third-order valence-corrected chi connectivity index (χ3v) is 6.33. The lowest BCUT2D eigenvalue weighted by Crippen LogP contribution is -2.51. The van der Waals surface area contributed by atoms with Crippen molar-refractivity contribution in [3.63, 3.8) is 0 Å². The number of benzene rings is 1. The zero-order chi connectivity index (χ0) is 13.7. The highest BCUT2D eigenvalue weighted by Gasteiger charge is 2.54. The maximum atomic E-state index is 12.9. The molecule has 0 saturated heterocycles. The van der Waals surface area contributed by atoms with Crippen LogP contribution in [0.5, 0.6) is 0 Å². The highest BCUT2D eigenvalue weighted by Crippen LogP contribution is 2.60. The second-order valence-electron chi connectivity index (χ2n) is 7.13. The summed E-state index contributed by atoms with van der Waals surface area (Å²) in [5, 5.41) is 3.18. The molecule has 1 aromatic carbocycles. The van der Waals surface area contributed by atoms with Crippen molar-refractivity contribution in [2.45, 2.75) is 38.5 Å². The molecule has 4 aliphatic rings. The second-order valence-corrected chi connectivity index (χ2v) is 7.99. The number of rotatable bonds is 2. The van der Waals surface area contributed by atoms with Crippen LogP contribution < -0.4 is 5.32 Å². The number of carbonyl (C=O) groups is 1. The molecule has 0 atom stereocenters. The van der Waals surface area contributed by atoms with Gasteiger partial charge in [0.2, 0.25) is 5.91 Å². The van der Waals surface area contributed by atoms with Gasteiger partial charge in [-0.15, -0.1) is 0 Å². The van der Waals surface area contributed by atoms with Gasteiger partial charge in [0.15, 0.2) is 0 Å². The second kappa shape index (κ2) is 4.59. The lowest BCUT2D eigenvalue weighted by molar-refractivity contribution is -0.140. The van der Waals surface area contributed by atoms with Crippen molar-refractivity contribution in [2.75, 3.05) is 5.32 Å². The standard InChI is InChI=1S/C17H20BrNO/c18-14-3-1-2-4-15(14)19-16(20)17-8-11-5-12(9-17)7-13(6-11)10-17/h1-4,11-13H,5-10H2,(H,19,20). The molecule has 4 fully saturated rings. The summed E-state index contributed by atoms with van der Waals surface area (Å²) >= 11 is 3.52. The van der Waals surface area contributed by atoms with E-state index in [2.05, 4.69) is 21.2 Å². The summed E-state index contributed by atoms with van der Waals surface area (Å²) in [6.45, 7) is 0. The highest BCUT2D eigenvalue weighted by atomic mass is 79.9. The van der Waals surface area contributed by atoms with Crippen molar-refractivity contribution in [1.29, 1.82) is 0 Å². The number of para-hydroxylation sites is 1. The molecule has 20 heavy (non-hydrogen) atoms. The Morgan fingerprint density at radius 2 is 1.60 bits per heavy atom. The number of carbonyl (C=O) groups excluding carboxylic acids is 1. The Bertz CT molecular complexity index is 518. The van der Waals surface area contributed by atoms with Gasteiger partial charge in [-0.3, -0.25) is 4.79 Å². The molecule has 0 radical (unpaired) electrons. The Morgan fingerprint density at radius 1 is 1.05 bits per heavy atom. The number of hydrogen-bond acceptors (Lipinski definition) is 1. The molecular weight excluding hydrogens is 314 g/mol. The largest absolute Gasteiger partial charge is 0.325 e. The molecule has 0 unspecified atom stereocenters. The number of amides is 1. The molecule has 0 aromatic heterocycles. The SMILES string of the molecule is O=C(Nc1ccccc1Br)C12CC3CC(CC(C3)C1)C2. The fourth-order valence-electron chi connectivity index (χ4n) is 5.21. The summed E-state index contributed by atoms with van der Waals surface area (Å²) in [6, 6.07) is 7.91. The lowest BCUT2D eigenvalue weighted by Gasteiger charge is -2.55. The fourth-order valence-corrected chi connectivity index (χ4v) is 5.59. The van der Waals surface area contributed by atoms with E-state index < -0.39 is 0 Å². The quantitative estimate of drug-likeness (QED) is 0.841. The van der Waals surface area contributed by atoms with Gasteiger partial charge < -0.3 is 5.32 Å². The van der Waals surface area contributed by atoms with Gasteiger partial charge in [0.1, 0.15) is 0 Å². The van der Waals surface area contributed by atoms with E-state index in [-0.39, 0.29) is 11.3 Å². The lowest BCUT2D eigenvalue weighted by atomic mass is 9.49. The number of hydrogen-bond donors (Lipinski definition) is 1. The van der Waals surface area contributed by atoms with Crippen molar-refractivity contribution < 1.29 is 4.79 Å². The van der Waals surface area contributed by atoms with Crippen LogP contribution in [0.3, 0.4) is 0 Å². The molecule has 0 aliphatic heterocycles. The van der Waals surface area contributed by atoms with E-state index in [0.29, 0.717) is 0 Å². The van der Waals surface area contributed by atoms with Crippen LogP contribution in [0.15, 0.2) is 28.7 Å². The van der Waals surface area contributed by atoms with Crippen molar-refractivity contribution >= 4 is 27.5 Å². The molecule has 3 heteroatoms. The Labute approximate surface area is 128 Å². The van der Waals surface area contributed by atoms with Gasteiger partial charge in [-0.25, -0.2) is 0 Å². The van der Waals surface area contributed by atoms with E-state index in [1.165, 1.54) is 19.3 Å². The molecule has 0 heterocycles. The normalized spacial score (nSPS) is 38.0. The number of anilines is 1. The Kier molecular flexibility index (Phi) is 2.95. The fraction of sp³-hybridized carbons (Fsp3) is 0.588. The zero-order valence-corrected chi connectivity index (χ0v) is 13.2. The third kappa shape index (κ3) is 2.02. The van der Waals surface area contributed by atoms with Gasteiger partial charge in [0.25, 0.3) is 0 Å². The first-order valence-corrected chi connectivity index (χ1v) is 8.50. The van der Waals surface area contributed by atoms with E-state index in [1.54, 1.807) is 0 Å². The van der Waals surface area contributed by atoms with Crippen LogP contribution in [0.2, 0.25) is 0 Å². The van der Waals surface area contributed by atoms with E-state index >= 15 is 0 Å². The van der Waals surface area contributed by atoms with Crippen LogP contribution >= 0.6 is 15.9 Å². The summed E-state index contributed by atoms with van der Waals surface area (Å²) in [5.74, 6) is 2.70. The molecule has 4 aliphatic carbocycles. The van der Waals surface area contributed by atoms with Crippen molar-refractivity contribution in [3.8, 4) is 0 Å². The molecule has 1 amide bonds. The van der Waals surface area contributed by atoms with Gasteiger partial charge in [0, 0.05) is 4.47 Å². The maximum absolute atomic E-state index is 12.9. The highest BCUT2D eigenvalue weighted by molar-refractivity contribution is 9.10. The zero-order valence-electron chi connectivity index (χ0n) is 11.6. The molecule has 4 bridgehead atoms. The van der Waals surface area contributed by atoms with Crippen molar-refractivity contribution in [1.82, 2.24) is 0 Å². The summed E-state index contributed by atoms with van der Waals surface area (Å²) in [6.07, 6.45) is 7.49. The topological polar surface area (TPSA) is 29.1 Å². The van der Waals surface area contributed by atoms with Crippen LogP contribution in [0.4, 0.5) is 5.69 Å². The molecule has 4 saturated carbocycles. The number of nitrogens with one attached hydrogen (secondary N) is 1. The Balaban J connectivity index is 1.58. The van der Waals surface area contributed by atoms with E-state index in [0.717, 1.165) is 47.2 Å². The first-order valence-electron chi connectivity index (χ1n) is 7.71. The predicted molar refractivity (Wildman–Crippen MR) is 83.4 cm³/mol. The maximum Gasteiger partial charge on any atom is 0.230 e. The first-order chi connectivity index (χ1) is 9.64. The molecular formula is C17H20BrNO. The van der Waals surface area contributed by atoms with Gasteiger partial charge in [-0.1, -0.05) is 12.1 Å². The Morgan fingerprint density at radius 3 is 2.15 bits per heavy atom. The third-order valence-electron chi connectivity index (χ3n) is 5.64. The van der Waals surface area contributed by atoms with E-state index in [9.17, 15) is 4.79 Å². The van der Waals surface area contributed by atoms with Gasteiger partial charge in [0.05, 0.1) is 11.1 Å². The minimum Gasteiger partial charge on any atom is -0.325 e. The Hall–Kier alpha value is -0.830. The van der Waals surface area contributed by atoms with Crippen molar-refractivity contribution in [3.05, 3.63) is 28.7 Å². The van der Waals surface area contributed by atoms with Gasteiger partial charge in [-0.2, -0.15) is 0 Å². The van der Waals surface area contributed by atoms with E-state index in [1.807, 2.05) is 24.3 Å². The molecule has 0 spiro atoms. The minimum atomic E-state index is -0.0654. The average molecular weight is 334 g/mol. The smallest absolute Gasteiger partial charge is 0.230 e. The summed E-state index contributed by atoms with van der Waals surface area (Å²) < 4.78 is 0.970. The minimum absolute atomic E-state index is 0.0654.